The zero-order valence-electron chi connectivity index (χ0n) is 16.2. The van der Waals surface area contributed by atoms with Crippen molar-refractivity contribution in [2.24, 2.45) is 7.05 Å². The van der Waals surface area contributed by atoms with E-state index in [9.17, 15) is 4.79 Å². The van der Waals surface area contributed by atoms with Gasteiger partial charge in [-0.1, -0.05) is 29.8 Å². The van der Waals surface area contributed by atoms with Gasteiger partial charge in [0.05, 0.1) is 6.54 Å². The van der Waals surface area contributed by atoms with Crippen LogP contribution in [0.2, 0.25) is 0 Å². The summed E-state index contributed by atoms with van der Waals surface area (Å²) in [4.78, 5) is 23.9. The third-order valence-corrected chi connectivity index (χ3v) is 5.11. The third kappa shape index (κ3) is 4.14. The molecule has 0 spiro atoms. The minimum atomic E-state index is -0.225. The number of imidazole rings is 1. The van der Waals surface area contributed by atoms with Gasteiger partial charge in [-0.15, -0.1) is 0 Å². The van der Waals surface area contributed by atoms with Crippen LogP contribution in [0.1, 0.15) is 23.0 Å². The average Bonchev–Trinajstić information content (AvgIpc) is 3.02. The lowest BCUT2D eigenvalue weighted by Gasteiger charge is -2.37. The Balaban J connectivity index is 1.62. The maximum atomic E-state index is 13.2. The van der Waals surface area contributed by atoms with Crippen LogP contribution in [0.3, 0.4) is 0 Å². The predicted molar refractivity (Wildman–Crippen MR) is 103 cm³/mol. The second-order valence-electron chi connectivity index (χ2n) is 7.33. The molecule has 1 saturated heterocycles. The van der Waals surface area contributed by atoms with E-state index in [1.165, 1.54) is 5.56 Å². The smallest absolute Gasteiger partial charge is 0.244 e. The number of likely N-dealkylation sites (N-methyl/N-ethyl adjacent to an activating group) is 1. The Morgan fingerprint density at radius 2 is 1.81 bits per heavy atom. The van der Waals surface area contributed by atoms with Gasteiger partial charge in [-0.05, 0) is 26.6 Å². The predicted octanol–water partition coefficient (Wildman–Crippen LogP) is 1.68. The molecule has 140 valence electrons. The summed E-state index contributed by atoms with van der Waals surface area (Å²) in [6.07, 6.45) is 3.80. The summed E-state index contributed by atoms with van der Waals surface area (Å²) in [6.45, 7) is 6.19. The molecular weight excluding hydrogens is 326 g/mol. The van der Waals surface area contributed by atoms with Crippen LogP contribution in [0.5, 0.6) is 0 Å². The van der Waals surface area contributed by atoms with Gasteiger partial charge in [-0.3, -0.25) is 14.6 Å². The van der Waals surface area contributed by atoms with Gasteiger partial charge in [-0.25, -0.2) is 4.98 Å². The minimum absolute atomic E-state index is 0.190. The summed E-state index contributed by atoms with van der Waals surface area (Å²) in [5, 5.41) is 0. The second kappa shape index (κ2) is 8.01. The number of carbonyl (C=O) groups is 1. The van der Waals surface area contributed by atoms with Gasteiger partial charge < -0.3 is 9.47 Å². The highest BCUT2D eigenvalue weighted by Gasteiger charge is 2.30. The molecule has 0 saturated carbocycles. The highest BCUT2D eigenvalue weighted by molar-refractivity contribution is 5.83. The summed E-state index contributed by atoms with van der Waals surface area (Å²) in [5.41, 5.74) is 2.27. The summed E-state index contributed by atoms with van der Waals surface area (Å²) in [6, 6.07) is 8.05. The Morgan fingerprint density at radius 3 is 2.35 bits per heavy atom. The first-order valence-electron chi connectivity index (χ1n) is 9.16. The molecule has 0 radical (unpaired) electrons. The van der Waals surface area contributed by atoms with E-state index in [0.29, 0.717) is 0 Å². The molecule has 26 heavy (non-hydrogen) atoms. The summed E-state index contributed by atoms with van der Waals surface area (Å²) in [7, 11) is 5.96. The molecule has 1 aromatic heterocycles. The third-order valence-electron chi connectivity index (χ3n) is 5.11. The van der Waals surface area contributed by atoms with Crippen molar-refractivity contribution in [2.45, 2.75) is 19.5 Å². The van der Waals surface area contributed by atoms with Crippen LogP contribution in [-0.2, 0) is 18.4 Å². The molecule has 0 unspecified atom stereocenters. The lowest BCUT2D eigenvalue weighted by atomic mass is 10.0. The Morgan fingerprint density at radius 1 is 1.15 bits per heavy atom. The van der Waals surface area contributed by atoms with E-state index in [4.69, 9.17) is 0 Å². The van der Waals surface area contributed by atoms with Crippen LogP contribution >= 0.6 is 0 Å². The molecule has 0 bridgehead atoms. The summed E-state index contributed by atoms with van der Waals surface area (Å²) < 4.78 is 2.05. The normalized spacial score (nSPS) is 16.9. The Bertz CT molecular complexity index is 729. The van der Waals surface area contributed by atoms with Gasteiger partial charge in [-0.2, -0.15) is 0 Å². The molecule has 1 atom stereocenters. The van der Waals surface area contributed by atoms with Gasteiger partial charge in [0.15, 0.2) is 0 Å². The van der Waals surface area contributed by atoms with E-state index in [2.05, 4.69) is 45.6 Å². The summed E-state index contributed by atoms with van der Waals surface area (Å²) >= 11 is 0. The zero-order valence-corrected chi connectivity index (χ0v) is 16.2. The summed E-state index contributed by atoms with van der Waals surface area (Å²) in [5.74, 6) is 1.26. The molecule has 1 aliphatic rings. The number of rotatable bonds is 5. The molecule has 0 N–H and O–H groups in total. The number of hydrogen-bond acceptors (Lipinski definition) is 4. The molecule has 6 heteroatoms. The zero-order chi connectivity index (χ0) is 18.7. The van der Waals surface area contributed by atoms with E-state index in [-0.39, 0.29) is 11.9 Å². The van der Waals surface area contributed by atoms with Crippen LogP contribution in [0, 0.1) is 6.92 Å². The quantitative estimate of drug-likeness (QED) is 0.819. The molecule has 3 rings (SSSR count). The molecule has 1 amide bonds. The van der Waals surface area contributed by atoms with Crippen molar-refractivity contribution in [2.75, 3.05) is 40.3 Å². The molecule has 2 aromatic rings. The standard InChI is InChI=1S/C20H29N5O/c1-16-5-7-17(8-6-16)19(22(2)3)20(26)25-13-11-24(12-14-25)15-18-21-9-10-23(18)4/h5-10,19H,11-15H2,1-4H3/t19-/m0/s1. The van der Waals surface area contributed by atoms with Crippen molar-refractivity contribution in [3.63, 3.8) is 0 Å². The number of aryl methyl sites for hydroxylation is 2. The van der Waals surface area contributed by atoms with E-state index in [1.807, 2.05) is 43.3 Å². The van der Waals surface area contributed by atoms with Gasteiger partial charge >= 0.3 is 0 Å². The van der Waals surface area contributed by atoms with Gasteiger partial charge in [0.2, 0.25) is 5.91 Å². The lowest BCUT2D eigenvalue weighted by Crippen LogP contribution is -2.51. The molecule has 1 aliphatic heterocycles. The molecular formula is C20H29N5O. The highest BCUT2D eigenvalue weighted by atomic mass is 16.2. The monoisotopic (exact) mass is 355 g/mol. The Labute approximate surface area is 156 Å². The van der Waals surface area contributed by atoms with Gasteiger partial charge in [0.25, 0.3) is 0 Å². The van der Waals surface area contributed by atoms with Crippen LogP contribution < -0.4 is 0 Å². The highest BCUT2D eigenvalue weighted by Crippen LogP contribution is 2.22. The van der Waals surface area contributed by atoms with Crippen LogP contribution in [0.25, 0.3) is 0 Å². The maximum absolute atomic E-state index is 13.2. The maximum Gasteiger partial charge on any atom is 0.244 e. The number of piperazine rings is 1. The molecule has 1 fully saturated rings. The first-order valence-corrected chi connectivity index (χ1v) is 9.16. The average molecular weight is 355 g/mol. The van der Waals surface area contributed by atoms with E-state index in [1.54, 1.807) is 0 Å². The number of aromatic nitrogens is 2. The second-order valence-corrected chi connectivity index (χ2v) is 7.33. The largest absolute Gasteiger partial charge is 0.338 e. The number of hydrogen-bond donors (Lipinski definition) is 0. The molecule has 2 heterocycles. The molecule has 1 aromatic carbocycles. The number of benzene rings is 1. The van der Waals surface area contributed by atoms with Crippen LogP contribution in [0.4, 0.5) is 0 Å². The number of carbonyl (C=O) groups excluding carboxylic acids is 1. The fourth-order valence-corrected chi connectivity index (χ4v) is 3.46. The SMILES string of the molecule is Cc1ccc([C@@H](C(=O)N2CCN(Cc3nccn3C)CC2)N(C)C)cc1. The number of nitrogens with zero attached hydrogens (tertiary/aromatic N) is 5. The van der Waals surface area contributed by atoms with Gasteiger partial charge in [0, 0.05) is 45.6 Å². The van der Waals surface area contributed by atoms with E-state index in [0.717, 1.165) is 44.1 Å². The fourth-order valence-electron chi connectivity index (χ4n) is 3.46. The fraction of sp³-hybridized carbons (Fsp3) is 0.500. The first-order chi connectivity index (χ1) is 12.5. The number of amides is 1. The van der Waals surface area contributed by atoms with Crippen molar-refractivity contribution >= 4 is 5.91 Å². The Kier molecular flexibility index (Phi) is 5.74. The molecule has 0 aliphatic carbocycles. The van der Waals surface area contributed by atoms with Crippen molar-refractivity contribution in [1.29, 1.82) is 0 Å². The minimum Gasteiger partial charge on any atom is -0.338 e. The van der Waals surface area contributed by atoms with E-state index >= 15 is 0 Å². The molecule has 6 nitrogen and oxygen atoms in total. The van der Waals surface area contributed by atoms with Crippen molar-refractivity contribution in [1.82, 2.24) is 24.3 Å². The van der Waals surface area contributed by atoms with Crippen LogP contribution in [0.15, 0.2) is 36.7 Å². The van der Waals surface area contributed by atoms with Crippen LogP contribution in [-0.4, -0.2) is 70.4 Å². The lowest BCUT2D eigenvalue weighted by molar-refractivity contribution is -0.138. The Hall–Kier alpha value is -2.18. The van der Waals surface area contributed by atoms with Gasteiger partial charge in [0.1, 0.15) is 11.9 Å². The van der Waals surface area contributed by atoms with E-state index < -0.39 is 0 Å². The topological polar surface area (TPSA) is 44.6 Å². The van der Waals surface area contributed by atoms with Crippen molar-refractivity contribution in [3.8, 4) is 0 Å². The van der Waals surface area contributed by atoms with Crippen molar-refractivity contribution in [3.05, 3.63) is 53.6 Å². The first kappa shape index (κ1) is 18.6. The van der Waals surface area contributed by atoms with Crippen molar-refractivity contribution < 1.29 is 4.79 Å².